The van der Waals surface area contributed by atoms with E-state index in [1.807, 2.05) is 7.05 Å². The molecule has 1 aromatic rings. The van der Waals surface area contributed by atoms with Crippen LogP contribution in [0.4, 0.5) is 0 Å². The number of aliphatic imine (C=N–C) groups is 1. The Morgan fingerprint density at radius 1 is 1.67 bits per heavy atom. The molecule has 2 rings (SSSR count). The summed E-state index contributed by atoms with van der Waals surface area (Å²) in [5.74, 6) is 1.92. The van der Waals surface area contributed by atoms with Crippen LogP contribution in [0.5, 0.6) is 0 Å². The highest BCUT2D eigenvalue weighted by Gasteiger charge is 2.19. The highest BCUT2D eigenvalue weighted by Crippen LogP contribution is 2.15. The molecule has 7 heteroatoms. The SMILES string of the molecule is COCCC1CSC(=NCCc2ncn(C)n2)N1. The molecule has 1 unspecified atom stereocenters. The van der Waals surface area contributed by atoms with Crippen molar-refractivity contribution in [1.29, 1.82) is 0 Å². The molecule has 1 aliphatic heterocycles. The Bertz CT molecular complexity index is 406. The van der Waals surface area contributed by atoms with Crippen molar-refractivity contribution in [3.8, 4) is 0 Å². The van der Waals surface area contributed by atoms with Crippen LogP contribution in [0.1, 0.15) is 12.2 Å². The maximum atomic E-state index is 5.07. The van der Waals surface area contributed by atoms with Gasteiger partial charge in [0.25, 0.3) is 0 Å². The monoisotopic (exact) mass is 269 g/mol. The van der Waals surface area contributed by atoms with Crippen LogP contribution in [0, 0.1) is 0 Å². The number of aryl methyl sites for hydroxylation is 1. The first-order valence-electron chi connectivity index (χ1n) is 6.05. The molecular weight excluding hydrogens is 250 g/mol. The molecule has 2 heterocycles. The maximum absolute atomic E-state index is 5.07. The molecule has 6 nitrogen and oxygen atoms in total. The van der Waals surface area contributed by atoms with Gasteiger partial charge in [0, 0.05) is 45.5 Å². The van der Waals surface area contributed by atoms with Gasteiger partial charge in [-0.05, 0) is 6.42 Å². The molecule has 0 amide bonds. The van der Waals surface area contributed by atoms with Gasteiger partial charge in [-0.1, -0.05) is 11.8 Å². The second-order valence-corrected chi connectivity index (χ2v) is 5.21. The average molecular weight is 269 g/mol. The van der Waals surface area contributed by atoms with Gasteiger partial charge in [-0.3, -0.25) is 9.67 Å². The van der Waals surface area contributed by atoms with Gasteiger partial charge in [-0.15, -0.1) is 0 Å². The van der Waals surface area contributed by atoms with Crippen molar-refractivity contribution >= 4 is 16.9 Å². The van der Waals surface area contributed by atoms with Crippen molar-refractivity contribution in [2.75, 3.05) is 26.0 Å². The predicted molar refractivity (Wildman–Crippen MR) is 72.9 cm³/mol. The number of rotatable bonds is 6. The minimum Gasteiger partial charge on any atom is -0.385 e. The van der Waals surface area contributed by atoms with Crippen molar-refractivity contribution < 1.29 is 4.74 Å². The van der Waals surface area contributed by atoms with E-state index in [0.717, 1.165) is 42.7 Å². The summed E-state index contributed by atoms with van der Waals surface area (Å²) in [7, 11) is 3.61. The molecule has 1 N–H and O–H groups in total. The molecule has 0 aromatic carbocycles. The normalized spacial score (nSPS) is 21.4. The number of nitrogens with one attached hydrogen (secondary N) is 1. The first-order valence-corrected chi connectivity index (χ1v) is 7.03. The Hall–Kier alpha value is -1.08. The topological polar surface area (TPSA) is 64.3 Å². The number of nitrogens with zero attached hydrogens (tertiary/aromatic N) is 4. The fraction of sp³-hybridized carbons (Fsp3) is 0.727. The highest BCUT2D eigenvalue weighted by molar-refractivity contribution is 8.14. The van der Waals surface area contributed by atoms with Gasteiger partial charge >= 0.3 is 0 Å². The lowest BCUT2D eigenvalue weighted by molar-refractivity contribution is 0.188. The van der Waals surface area contributed by atoms with Crippen LogP contribution in [0.15, 0.2) is 11.3 Å². The van der Waals surface area contributed by atoms with Gasteiger partial charge in [0.1, 0.15) is 6.33 Å². The van der Waals surface area contributed by atoms with E-state index in [2.05, 4.69) is 20.4 Å². The molecule has 0 saturated carbocycles. The quantitative estimate of drug-likeness (QED) is 0.812. The van der Waals surface area contributed by atoms with Gasteiger partial charge in [0.05, 0.1) is 0 Å². The van der Waals surface area contributed by atoms with Gasteiger partial charge in [-0.25, -0.2) is 4.98 Å². The number of hydrogen-bond donors (Lipinski definition) is 1. The number of amidine groups is 1. The third-order valence-corrected chi connectivity index (χ3v) is 3.75. The van der Waals surface area contributed by atoms with Crippen LogP contribution in [-0.4, -0.2) is 52.0 Å². The second-order valence-electron chi connectivity index (χ2n) is 4.21. The minimum atomic E-state index is 0.488. The third kappa shape index (κ3) is 3.99. The van der Waals surface area contributed by atoms with E-state index in [-0.39, 0.29) is 0 Å². The lowest BCUT2D eigenvalue weighted by Gasteiger charge is -2.07. The van der Waals surface area contributed by atoms with Crippen molar-refractivity contribution in [1.82, 2.24) is 20.1 Å². The average Bonchev–Trinajstić information content (AvgIpc) is 2.96. The van der Waals surface area contributed by atoms with Crippen LogP contribution in [0.2, 0.25) is 0 Å². The second kappa shape index (κ2) is 6.75. The van der Waals surface area contributed by atoms with E-state index >= 15 is 0 Å². The van der Waals surface area contributed by atoms with E-state index in [9.17, 15) is 0 Å². The summed E-state index contributed by atoms with van der Waals surface area (Å²) in [5.41, 5.74) is 0. The minimum absolute atomic E-state index is 0.488. The summed E-state index contributed by atoms with van der Waals surface area (Å²) in [6.45, 7) is 1.53. The number of ether oxygens (including phenoxy) is 1. The zero-order valence-corrected chi connectivity index (χ0v) is 11.6. The van der Waals surface area contributed by atoms with Crippen molar-refractivity contribution in [3.63, 3.8) is 0 Å². The molecule has 1 fully saturated rings. The zero-order chi connectivity index (χ0) is 12.8. The summed E-state index contributed by atoms with van der Waals surface area (Å²) < 4.78 is 6.79. The van der Waals surface area contributed by atoms with Crippen LogP contribution in [-0.2, 0) is 18.2 Å². The summed E-state index contributed by atoms with van der Waals surface area (Å²) in [6.07, 6.45) is 3.53. The van der Waals surface area contributed by atoms with Crippen molar-refractivity contribution in [2.24, 2.45) is 12.0 Å². The lowest BCUT2D eigenvalue weighted by Crippen LogP contribution is -2.28. The molecule has 1 aliphatic rings. The Kier molecular flexibility index (Phi) is 5.00. The Morgan fingerprint density at radius 3 is 3.28 bits per heavy atom. The van der Waals surface area contributed by atoms with E-state index in [0.29, 0.717) is 6.04 Å². The van der Waals surface area contributed by atoms with E-state index < -0.39 is 0 Å². The van der Waals surface area contributed by atoms with Crippen LogP contribution < -0.4 is 5.32 Å². The van der Waals surface area contributed by atoms with Gasteiger partial charge < -0.3 is 10.1 Å². The summed E-state index contributed by atoms with van der Waals surface area (Å²) in [4.78, 5) is 8.70. The molecule has 1 aromatic heterocycles. The third-order valence-electron chi connectivity index (χ3n) is 2.66. The van der Waals surface area contributed by atoms with Crippen molar-refractivity contribution in [3.05, 3.63) is 12.2 Å². The van der Waals surface area contributed by atoms with Crippen LogP contribution in [0.25, 0.3) is 0 Å². The molecule has 0 radical (unpaired) electrons. The summed E-state index contributed by atoms with van der Waals surface area (Å²) >= 11 is 1.78. The van der Waals surface area contributed by atoms with E-state index in [1.54, 1.807) is 29.9 Å². The Morgan fingerprint density at radius 2 is 2.56 bits per heavy atom. The molecule has 1 saturated heterocycles. The number of aromatic nitrogens is 3. The van der Waals surface area contributed by atoms with Gasteiger partial charge in [0.2, 0.25) is 0 Å². The molecule has 0 spiro atoms. The highest BCUT2D eigenvalue weighted by atomic mass is 32.2. The molecule has 1 atom stereocenters. The number of methoxy groups -OCH3 is 1. The molecule has 0 bridgehead atoms. The van der Waals surface area contributed by atoms with Crippen molar-refractivity contribution in [2.45, 2.75) is 18.9 Å². The van der Waals surface area contributed by atoms with Crippen LogP contribution in [0.3, 0.4) is 0 Å². The largest absolute Gasteiger partial charge is 0.385 e. The zero-order valence-electron chi connectivity index (χ0n) is 10.8. The first kappa shape index (κ1) is 13.4. The summed E-state index contributed by atoms with van der Waals surface area (Å²) in [6, 6.07) is 0.488. The van der Waals surface area contributed by atoms with E-state index in [1.165, 1.54) is 0 Å². The molecule has 18 heavy (non-hydrogen) atoms. The number of hydrogen-bond acceptors (Lipinski definition) is 5. The predicted octanol–water partition coefficient (Wildman–Crippen LogP) is 0.455. The van der Waals surface area contributed by atoms with Gasteiger partial charge in [0.15, 0.2) is 11.0 Å². The fourth-order valence-corrected chi connectivity index (χ4v) is 2.74. The fourth-order valence-electron chi connectivity index (χ4n) is 1.70. The first-order chi connectivity index (χ1) is 8.78. The lowest BCUT2D eigenvalue weighted by atomic mass is 10.2. The Balaban J connectivity index is 1.71. The molecule has 0 aliphatic carbocycles. The van der Waals surface area contributed by atoms with E-state index in [4.69, 9.17) is 4.74 Å². The summed E-state index contributed by atoms with van der Waals surface area (Å²) in [5, 5.41) is 8.66. The molecular formula is C11H19N5OS. The smallest absolute Gasteiger partial charge is 0.156 e. The molecule has 100 valence electrons. The number of thioether (sulfide) groups is 1. The van der Waals surface area contributed by atoms with Crippen LogP contribution >= 0.6 is 11.8 Å². The Labute approximate surface area is 111 Å². The maximum Gasteiger partial charge on any atom is 0.156 e. The standard InChI is InChI=1S/C11H19N5OS/c1-16-8-13-10(15-16)3-5-12-11-14-9(7-18-11)4-6-17-2/h8-9H,3-7H2,1-2H3,(H,12,14). The van der Waals surface area contributed by atoms with Gasteiger partial charge in [-0.2, -0.15) is 5.10 Å².